The third-order valence-corrected chi connectivity index (χ3v) is 3.55. The van der Waals surface area contributed by atoms with E-state index < -0.39 is 0 Å². The van der Waals surface area contributed by atoms with Gasteiger partial charge < -0.3 is 4.90 Å². The molecule has 0 aliphatic rings. The molecule has 0 saturated carbocycles. The largest absolute Gasteiger partial charge is 0.337 e. The van der Waals surface area contributed by atoms with E-state index in [4.69, 9.17) is 34.8 Å². The molecule has 0 atom stereocenters. The van der Waals surface area contributed by atoms with Gasteiger partial charge in [-0.2, -0.15) is 0 Å². The fourth-order valence-electron chi connectivity index (χ4n) is 1.70. The van der Waals surface area contributed by atoms with Gasteiger partial charge >= 0.3 is 0 Å². The summed E-state index contributed by atoms with van der Waals surface area (Å²) in [4.78, 5) is 17.7. The first-order chi connectivity index (χ1) is 9.47. The van der Waals surface area contributed by atoms with Crippen molar-refractivity contribution in [1.82, 2.24) is 9.88 Å². The number of aromatic nitrogens is 1. The molecule has 1 amide bonds. The minimum Gasteiger partial charge on any atom is -0.337 e. The van der Waals surface area contributed by atoms with E-state index in [1.54, 1.807) is 42.3 Å². The number of nitrogens with zero attached hydrogens (tertiary/aromatic N) is 2. The lowest BCUT2D eigenvalue weighted by Gasteiger charge is -2.18. The zero-order valence-electron chi connectivity index (χ0n) is 10.6. The van der Waals surface area contributed by atoms with Crippen molar-refractivity contribution in [3.8, 4) is 0 Å². The second kappa shape index (κ2) is 6.44. The van der Waals surface area contributed by atoms with Gasteiger partial charge in [-0.05, 0) is 29.8 Å². The van der Waals surface area contributed by atoms with Crippen molar-refractivity contribution in [3.63, 3.8) is 0 Å². The number of benzene rings is 1. The number of halogens is 3. The van der Waals surface area contributed by atoms with Gasteiger partial charge in [-0.15, -0.1) is 0 Å². The highest BCUT2D eigenvalue weighted by molar-refractivity contribution is 6.35. The van der Waals surface area contributed by atoms with E-state index >= 15 is 0 Å². The second-order valence-corrected chi connectivity index (χ2v) is 5.50. The standard InChI is InChI=1S/C14H11Cl3N2O/c1-19(8-10-2-4-11(15)6-12(10)16)14(20)9-3-5-13(17)18-7-9/h2-7H,8H2,1H3. The van der Waals surface area contributed by atoms with Crippen LogP contribution in [0.1, 0.15) is 15.9 Å². The quantitative estimate of drug-likeness (QED) is 0.786. The normalized spacial score (nSPS) is 10.4. The van der Waals surface area contributed by atoms with Gasteiger partial charge in [0, 0.05) is 29.8 Å². The molecule has 1 aromatic heterocycles. The molecule has 0 bridgehead atoms. The monoisotopic (exact) mass is 328 g/mol. The molecule has 6 heteroatoms. The highest BCUT2D eigenvalue weighted by Gasteiger charge is 2.13. The highest BCUT2D eigenvalue weighted by Crippen LogP contribution is 2.22. The number of carbonyl (C=O) groups excluding carboxylic acids is 1. The molecule has 0 unspecified atom stereocenters. The van der Waals surface area contributed by atoms with Crippen LogP contribution in [0.5, 0.6) is 0 Å². The van der Waals surface area contributed by atoms with Crippen LogP contribution in [0.25, 0.3) is 0 Å². The Labute approximate surface area is 132 Å². The molecule has 104 valence electrons. The topological polar surface area (TPSA) is 33.2 Å². The molecule has 0 aliphatic carbocycles. The molecule has 0 N–H and O–H groups in total. The Bertz CT molecular complexity index is 629. The zero-order chi connectivity index (χ0) is 14.7. The predicted molar refractivity (Wildman–Crippen MR) is 81.5 cm³/mol. The van der Waals surface area contributed by atoms with Crippen LogP contribution in [0.4, 0.5) is 0 Å². The van der Waals surface area contributed by atoms with E-state index in [0.717, 1.165) is 5.56 Å². The van der Waals surface area contributed by atoms with Crippen molar-refractivity contribution in [1.29, 1.82) is 0 Å². The first-order valence-corrected chi connectivity index (χ1v) is 6.91. The molecule has 2 rings (SSSR count). The Balaban J connectivity index is 2.13. The van der Waals surface area contributed by atoms with E-state index in [-0.39, 0.29) is 5.91 Å². The molecule has 0 fully saturated rings. The Morgan fingerprint density at radius 1 is 1.20 bits per heavy atom. The SMILES string of the molecule is CN(Cc1ccc(Cl)cc1Cl)C(=O)c1ccc(Cl)nc1. The van der Waals surface area contributed by atoms with E-state index in [2.05, 4.69) is 4.98 Å². The van der Waals surface area contributed by atoms with E-state index in [1.807, 2.05) is 0 Å². The fourth-order valence-corrected chi connectivity index (χ4v) is 2.28. The lowest BCUT2D eigenvalue weighted by atomic mass is 10.2. The van der Waals surface area contributed by atoms with Gasteiger partial charge in [-0.25, -0.2) is 4.98 Å². The van der Waals surface area contributed by atoms with Crippen molar-refractivity contribution in [2.75, 3.05) is 7.05 Å². The first-order valence-electron chi connectivity index (χ1n) is 5.78. The van der Waals surface area contributed by atoms with Crippen molar-refractivity contribution in [3.05, 3.63) is 62.9 Å². The summed E-state index contributed by atoms with van der Waals surface area (Å²) >= 11 is 17.6. The van der Waals surface area contributed by atoms with Gasteiger partial charge in [-0.1, -0.05) is 40.9 Å². The minimum atomic E-state index is -0.153. The summed E-state index contributed by atoms with van der Waals surface area (Å²) in [5, 5.41) is 1.45. The van der Waals surface area contributed by atoms with Crippen molar-refractivity contribution in [2.24, 2.45) is 0 Å². The van der Waals surface area contributed by atoms with Crippen LogP contribution < -0.4 is 0 Å². The van der Waals surface area contributed by atoms with Crippen molar-refractivity contribution in [2.45, 2.75) is 6.54 Å². The average molecular weight is 330 g/mol. The van der Waals surface area contributed by atoms with Crippen LogP contribution in [0.2, 0.25) is 15.2 Å². The number of pyridine rings is 1. The number of rotatable bonds is 3. The average Bonchev–Trinajstić information content (AvgIpc) is 2.42. The van der Waals surface area contributed by atoms with Crippen molar-refractivity contribution >= 4 is 40.7 Å². The van der Waals surface area contributed by atoms with Gasteiger partial charge in [0.2, 0.25) is 0 Å². The molecular weight excluding hydrogens is 319 g/mol. The number of hydrogen-bond donors (Lipinski definition) is 0. The van der Waals surface area contributed by atoms with Gasteiger partial charge in [0.1, 0.15) is 5.15 Å². The molecule has 3 nitrogen and oxygen atoms in total. The smallest absolute Gasteiger partial charge is 0.255 e. The maximum Gasteiger partial charge on any atom is 0.255 e. The van der Waals surface area contributed by atoms with Crippen LogP contribution in [-0.2, 0) is 6.54 Å². The lowest BCUT2D eigenvalue weighted by Crippen LogP contribution is -2.26. The fraction of sp³-hybridized carbons (Fsp3) is 0.143. The van der Waals surface area contributed by atoms with Gasteiger partial charge in [0.15, 0.2) is 0 Å². The second-order valence-electron chi connectivity index (χ2n) is 4.27. The molecule has 1 heterocycles. The summed E-state index contributed by atoms with van der Waals surface area (Å²) in [6.07, 6.45) is 1.45. The number of carbonyl (C=O) groups is 1. The Morgan fingerprint density at radius 2 is 1.95 bits per heavy atom. The van der Waals surface area contributed by atoms with Gasteiger partial charge in [-0.3, -0.25) is 4.79 Å². The molecular formula is C14H11Cl3N2O. The highest BCUT2D eigenvalue weighted by atomic mass is 35.5. The van der Waals surface area contributed by atoms with E-state index in [0.29, 0.717) is 27.3 Å². The Morgan fingerprint density at radius 3 is 2.55 bits per heavy atom. The summed E-state index contributed by atoms with van der Waals surface area (Å²) in [6, 6.07) is 8.41. The summed E-state index contributed by atoms with van der Waals surface area (Å²) in [6.45, 7) is 0.386. The van der Waals surface area contributed by atoms with Gasteiger partial charge in [0.05, 0.1) is 5.56 Å². The van der Waals surface area contributed by atoms with Crippen LogP contribution in [0.15, 0.2) is 36.5 Å². The molecule has 0 radical (unpaired) electrons. The third-order valence-electron chi connectivity index (χ3n) is 2.74. The van der Waals surface area contributed by atoms with Crippen LogP contribution in [0.3, 0.4) is 0 Å². The number of hydrogen-bond acceptors (Lipinski definition) is 2. The lowest BCUT2D eigenvalue weighted by molar-refractivity contribution is 0.0785. The Kier molecular flexibility index (Phi) is 4.86. The van der Waals surface area contributed by atoms with Crippen LogP contribution in [0, 0.1) is 0 Å². The maximum absolute atomic E-state index is 12.2. The predicted octanol–water partition coefficient (Wildman–Crippen LogP) is 4.31. The summed E-state index contributed by atoms with van der Waals surface area (Å²) in [5.74, 6) is -0.153. The van der Waals surface area contributed by atoms with Gasteiger partial charge in [0.25, 0.3) is 5.91 Å². The van der Waals surface area contributed by atoms with E-state index in [9.17, 15) is 4.79 Å². The molecule has 0 saturated heterocycles. The zero-order valence-corrected chi connectivity index (χ0v) is 12.9. The molecule has 1 aromatic carbocycles. The summed E-state index contributed by atoms with van der Waals surface area (Å²) in [7, 11) is 1.70. The van der Waals surface area contributed by atoms with Crippen LogP contribution >= 0.6 is 34.8 Å². The molecule has 20 heavy (non-hydrogen) atoms. The molecule has 2 aromatic rings. The summed E-state index contributed by atoms with van der Waals surface area (Å²) < 4.78 is 0. The minimum absolute atomic E-state index is 0.153. The van der Waals surface area contributed by atoms with Crippen LogP contribution in [-0.4, -0.2) is 22.8 Å². The first kappa shape index (κ1) is 15.1. The maximum atomic E-state index is 12.2. The Hall–Kier alpha value is -1.29. The summed E-state index contributed by atoms with van der Waals surface area (Å²) in [5.41, 5.74) is 1.30. The molecule has 0 spiro atoms. The molecule has 0 aliphatic heterocycles. The third kappa shape index (κ3) is 3.63. The van der Waals surface area contributed by atoms with Crippen molar-refractivity contribution < 1.29 is 4.79 Å². The number of amides is 1. The van der Waals surface area contributed by atoms with E-state index in [1.165, 1.54) is 6.20 Å².